The van der Waals surface area contributed by atoms with Crippen molar-refractivity contribution in [1.82, 2.24) is 5.32 Å². The maximum atomic E-state index is 13.4. The van der Waals surface area contributed by atoms with Crippen molar-refractivity contribution in [2.75, 3.05) is 19.0 Å². The lowest BCUT2D eigenvalue weighted by atomic mass is 10.2. The SMILES string of the molecule is COc1ccc(NCCC(=O)NCc2ccccc2F)cc1Cl. The maximum absolute atomic E-state index is 13.4. The first-order valence-corrected chi connectivity index (χ1v) is 7.55. The Balaban J connectivity index is 1.74. The molecule has 0 spiro atoms. The van der Waals surface area contributed by atoms with Crippen LogP contribution in [0.3, 0.4) is 0 Å². The van der Waals surface area contributed by atoms with Crippen molar-refractivity contribution >= 4 is 23.2 Å². The van der Waals surface area contributed by atoms with E-state index in [0.29, 0.717) is 22.9 Å². The Labute approximate surface area is 139 Å². The lowest BCUT2D eigenvalue weighted by Gasteiger charge is -2.09. The van der Waals surface area contributed by atoms with Crippen LogP contribution in [0.4, 0.5) is 10.1 Å². The van der Waals surface area contributed by atoms with Gasteiger partial charge >= 0.3 is 0 Å². The van der Waals surface area contributed by atoms with Gasteiger partial charge in [0.2, 0.25) is 5.91 Å². The minimum Gasteiger partial charge on any atom is -0.495 e. The summed E-state index contributed by atoms with van der Waals surface area (Å²) in [7, 11) is 1.55. The molecule has 0 aliphatic carbocycles. The first-order valence-electron chi connectivity index (χ1n) is 7.17. The first-order chi connectivity index (χ1) is 11.1. The van der Waals surface area contributed by atoms with Crippen LogP contribution in [-0.2, 0) is 11.3 Å². The topological polar surface area (TPSA) is 50.4 Å². The number of rotatable bonds is 7. The monoisotopic (exact) mass is 336 g/mol. The van der Waals surface area contributed by atoms with E-state index >= 15 is 0 Å². The zero-order chi connectivity index (χ0) is 16.7. The second-order valence-electron chi connectivity index (χ2n) is 4.89. The van der Waals surface area contributed by atoms with E-state index in [1.54, 1.807) is 37.4 Å². The van der Waals surface area contributed by atoms with Crippen molar-refractivity contribution in [2.24, 2.45) is 0 Å². The second-order valence-corrected chi connectivity index (χ2v) is 5.30. The van der Waals surface area contributed by atoms with Crippen LogP contribution in [0.1, 0.15) is 12.0 Å². The zero-order valence-corrected chi connectivity index (χ0v) is 13.5. The van der Waals surface area contributed by atoms with E-state index < -0.39 is 0 Å². The molecule has 0 bridgehead atoms. The lowest BCUT2D eigenvalue weighted by molar-refractivity contribution is -0.121. The molecule has 0 unspecified atom stereocenters. The molecule has 4 nitrogen and oxygen atoms in total. The quantitative estimate of drug-likeness (QED) is 0.812. The molecule has 2 aromatic carbocycles. The van der Waals surface area contributed by atoms with E-state index in [9.17, 15) is 9.18 Å². The van der Waals surface area contributed by atoms with Gasteiger partial charge in [-0.05, 0) is 24.3 Å². The Bertz CT molecular complexity index is 679. The van der Waals surface area contributed by atoms with Crippen LogP contribution in [-0.4, -0.2) is 19.6 Å². The molecule has 0 aliphatic rings. The number of carbonyl (C=O) groups is 1. The molecule has 2 aromatic rings. The lowest BCUT2D eigenvalue weighted by Crippen LogP contribution is -2.25. The number of hydrogen-bond acceptors (Lipinski definition) is 3. The van der Waals surface area contributed by atoms with Gasteiger partial charge in [-0.15, -0.1) is 0 Å². The Hall–Kier alpha value is -2.27. The summed E-state index contributed by atoms with van der Waals surface area (Å²) in [5.74, 6) is 0.124. The molecule has 6 heteroatoms. The highest BCUT2D eigenvalue weighted by atomic mass is 35.5. The number of ether oxygens (including phenoxy) is 1. The Morgan fingerprint density at radius 2 is 2.04 bits per heavy atom. The van der Waals surface area contributed by atoms with E-state index in [1.807, 2.05) is 6.07 Å². The van der Waals surface area contributed by atoms with E-state index in [2.05, 4.69) is 10.6 Å². The molecule has 0 aliphatic heterocycles. The fraction of sp³-hybridized carbons (Fsp3) is 0.235. The highest BCUT2D eigenvalue weighted by molar-refractivity contribution is 6.32. The molecule has 0 radical (unpaired) electrons. The summed E-state index contributed by atoms with van der Waals surface area (Å²) >= 11 is 6.02. The molecule has 2 N–H and O–H groups in total. The van der Waals surface area contributed by atoms with E-state index in [-0.39, 0.29) is 24.7 Å². The fourth-order valence-corrected chi connectivity index (χ4v) is 2.28. The second kappa shape index (κ2) is 8.39. The van der Waals surface area contributed by atoms with Crippen molar-refractivity contribution < 1.29 is 13.9 Å². The molecular formula is C17H18ClFN2O2. The number of nitrogens with one attached hydrogen (secondary N) is 2. The van der Waals surface area contributed by atoms with Crippen LogP contribution in [0.25, 0.3) is 0 Å². The van der Waals surface area contributed by atoms with Crippen LogP contribution in [0, 0.1) is 5.82 Å². The fourth-order valence-electron chi connectivity index (χ4n) is 2.02. The van der Waals surface area contributed by atoms with Gasteiger partial charge in [0.25, 0.3) is 0 Å². The molecule has 0 atom stereocenters. The average Bonchev–Trinajstić information content (AvgIpc) is 2.54. The number of amides is 1. The predicted molar refractivity (Wildman–Crippen MR) is 89.4 cm³/mol. The van der Waals surface area contributed by atoms with Crippen LogP contribution in [0.2, 0.25) is 5.02 Å². The summed E-state index contributed by atoms with van der Waals surface area (Å²) in [4.78, 5) is 11.8. The van der Waals surface area contributed by atoms with Gasteiger partial charge < -0.3 is 15.4 Å². The summed E-state index contributed by atoms with van der Waals surface area (Å²) < 4.78 is 18.5. The largest absolute Gasteiger partial charge is 0.495 e. The van der Waals surface area contributed by atoms with Gasteiger partial charge in [-0.1, -0.05) is 29.8 Å². The highest BCUT2D eigenvalue weighted by Crippen LogP contribution is 2.27. The zero-order valence-electron chi connectivity index (χ0n) is 12.7. The maximum Gasteiger partial charge on any atom is 0.222 e. The van der Waals surface area contributed by atoms with Crippen molar-refractivity contribution in [2.45, 2.75) is 13.0 Å². The third-order valence-electron chi connectivity index (χ3n) is 3.27. The molecular weight excluding hydrogens is 319 g/mol. The van der Waals surface area contributed by atoms with Gasteiger partial charge in [0.15, 0.2) is 0 Å². The number of hydrogen-bond donors (Lipinski definition) is 2. The molecule has 23 heavy (non-hydrogen) atoms. The number of methoxy groups -OCH3 is 1. The van der Waals surface area contributed by atoms with E-state index in [0.717, 1.165) is 5.69 Å². The number of benzene rings is 2. The van der Waals surface area contributed by atoms with Gasteiger partial charge in [0.05, 0.1) is 12.1 Å². The van der Waals surface area contributed by atoms with Gasteiger partial charge in [0, 0.05) is 30.8 Å². The Kier molecular flexibility index (Phi) is 6.23. The minimum atomic E-state index is -0.321. The molecule has 2 rings (SSSR count). The highest BCUT2D eigenvalue weighted by Gasteiger charge is 2.05. The third kappa shape index (κ3) is 5.14. The number of halogens is 2. The van der Waals surface area contributed by atoms with E-state index in [4.69, 9.17) is 16.3 Å². The molecule has 0 saturated carbocycles. The normalized spacial score (nSPS) is 10.2. The average molecular weight is 337 g/mol. The smallest absolute Gasteiger partial charge is 0.222 e. The van der Waals surface area contributed by atoms with Crippen molar-refractivity contribution in [3.8, 4) is 5.75 Å². The molecule has 1 amide bonds. The molecule has 0 aromatic heterocycles. The van der Waals surface area contributed by atoms with Crippen molar-refractivity contribution in [1.29, 1.82) is 0 Å². The van der Waals surface area contributed by atoms with Crippen LogP contribution >= 0.6 is 11.6 Å². The van der Waals surface area contributed by atoms with Crippen LogP contribution in [0.5, 0.6) is 5.75 Å². The number of carbonyl (C=O) groups excluding carboxylic acids is 1. The predicted octanol–water partition coefficient (Wildman–Crippen LogP) is 3.61. The minimum absolute atomic E-state index is 0.152. The standard InChI is InChI=1S/C17H18ClFN2O2/c1-23-16-7-6-13(10-14(16)18)20-9-8-17(22)21-11-12-4-2-3-5-15(12)19/h2-7,10,20H,8-9,11H2,1H3,(H,21,22). The number of anilines is 1. The summed E-state index contributed by atoms with van der Waals surface area (Å²) in [6, 6.07) is 11.7. The van der Waals surface area contributed by atoms with E-state index in [1.165, 1.54) is 6.07 Å². The van der Waals surface area contributed by atoms with Gasteiger partial charge in [-0.3, -0.25) is 4.79 Å². The van der Waals surface area contributed by atoms with Gasteiger partial charge in [-0.2, -0.15) is 0 Å². The van der Waals surface area contributed by atoms with Crippen molar-refractivity contribution in [3.63, 3.8) is 0 Å². The summed E-state index contributed by atoms with van der Waals surface area (Å²) in [5, 5.41) is 6.29. The molecule has 0 saturated heterocycles. The summed E-state index contributed by atoms with van der Waals surface area (Å²) in [6.45, 7) is 0.631. The van der Waals surface area contributed by atoms with Crippen molar-refractivity contribution in [3.05, 3.63) is 58.9 Å². The molecule has 0 fully saturated rings. The summed E-state index contributed by atoms with van der Waals surface area (Å²) in [5.41, 5.74) is 1.27. The molecule has 122 valence electrons. The first kappa shape index (κ1) is 17.1. The van der Waals surface area contributed by atoms with Crippen LogP contribution in [0.15, 0.2) is 42.5 Å². The Morgan fingerprint density at radius 1 is 1.26 bits per heavy atom. The Morgan fingerprint density at radius 3 is 2.74 bits per heavy atom. The van der Waals surface area contributed by atoms with Crippen LogP contribution < -0.4 is 15.4 Å². The van der Waals surface area contributed by atoms with Gasteiger partial charge in [-0.25, -0.2) is 4.39 Å². The molecule has 0 heterocycles. The third-order valence-corrected chi connectivity index (χ3v) is 3.56. The summed E-state index contributed by atoms with van der Waals surface area (Å²) in [6.07, 6.45) is 0.276. The van der Waals surface area contributed by atoms with Gasteiger partial charge in [0.1, 0.15) is 11.6 Å².